The van der Waals surface area contributed by atoms with Crippen molar-refractivity contribution in [3.8, 4) is 5.75 Å². The van der Waals surface area contributed by atoms with Crippen LogP contribution in [-0.2, 0) is 27.7 Å². The smallest absolute Gasteiger partial charge is 0.416 e. The lowest BCUT2D eigenvalue weighted by Gasteiger charge is -2.19. The van der Waals surface area contributed by atoms with Gasteiger partial charge in [0.05, 0.1) is 17.9 Å². The molecule has 0 aliphatic carbocycles. The highest BCUT2D eigenvalue weighted by atomic mass is 32.2. The van der Waals surface area contributed by atoms with Crippen molar-refractivity contribution in [1.29, 1.82) is 0 Å². The predicted molar refractivity (Wildman–Crippen MR) is 109 cm³/mol. The summed E-state index contributed by atoms with van der Waals surface area (Å²) in [5.41, 5.74) is 1.63. The molecule has 0 bridgehead atoms. The molecule has 0 saturated carbocycles. The lowest BCUT2D eigenvalue weighted by Crippen LogP contribution is -2.34. The molecule has 0 aromatic heterocycles. The van der Waals surface area contributed by atoms with Gasteiger partial charge in [-0.25, -0.2) is 0 Å². The fourth-order valence-corrected chi connectivity index (χ4v) is 4.30. The number of amides is 1. The van der Waals surface area contributed by atoms with Gasteiger partial charge in [0.1, 0.15) is 5.75 Å². The van der Waals surface area contributed by atoms with E-state index < -0.39 is 27.9 Å². The van der Waals surface area contributed by atoms with E-state index >= 15 is 0 Å². The second kappa shape index (κ2) is 7.89. The molecular formula is C20H18F3N3O4S. The fourth-order valence-electron chi connectivity index (χ4n) is 3.41. The Kier molecular flexibility index (Phi) is 5.40. The van der Waals surface area contributed by atoms with Crippen LogP contribution in [0.15, 0.2) is 42.5 Å². The third-order valence-corrected chi connectivity index (χ3v) is 5.90. The van der Waals surface area contributed by atoms with Gasteiger partial charge in [0.2, 0.25) is 5.91 Å². The number of carbonyl (C=O) groups is 1. The van der Waals surface area contributed by atoms with E-state index in [2.05, 4.69) is 14.8 Å². The zero-order valence-electron chi connectivity index (χ0n) is 16.0. The van der Waals surface area contributed by atoms with E-state index in [-0.39, 0.29) is 18.9 Å². The van der Waals surface area contributed by atoms with Crippen molar-refractivity contribution in [2.24, 2.45) is 0 Å². The van der Waals surface area contributed by atoms with Gasteiger partial charge >= 0.3 is 6.18 Å². The lowest BCUT2D eigenvalue weighted by atomic mass is 9.99. The molecule has 2 aromatic carbocycles. The Hall–Kier alpha value is -3.05. The summed E-state index contributed by atoms with van der Waals surface area (Å²) in [5.74, 6) is -0.401. The molecule has 164 valence electrons. The molecule has 11 heteroatoms. The zero-order chi connectivity index (χ0) is 22.2. The van der Waals surface area contributed by atoms with Gasteiger partial charge in [-0.2, -0.15) is 26.3 Å². The van der Waals surface area contributed by atoms with Crippen molar-refractivity contribution < 1.29 is 31.1 Å². The van der Waals surface area contributed by atoms with E-state index in [9.17, 15) is 26.4 Å². The van der Waals surface area contributed by atoms with Crippen LogP contribution >= 0.6 is 0 Å². The molecule has 0 atom stereocenters. The molecule has 3 N–H and O–H groups in total. The highest BCUT2D eigenvalue weighted by Crippen LogP contribution is 2.38. The first-order valence-corrected chi connectivity index (χ1v) is 10.9. The summed E-state index contributed by atoms with van der Waals surface area (Å²) in [6, 6.07) is 8.03. The molecule has 2 heterocycles. The van der Waals surface area contributed by atoms with Crippen LogP contribution in [0.5, 0.6) is 5.75 Å². The van der Waals surface area contributed by atoms with Gasteiger partial charge < -0.3 is 10.1 Å². The first-order chi connectivity index (χ1) is 14.6. The minimum Gasteiger partial charge on any atom is -0.493 e. The van der Waals surface area contributed by atoms with Crippen molar-refractivity contribution in [2.45, 2.75) is 25.6 Å². The summed E-state index contributed by atoms with van der Waals surface area (Å²) in [6.07, 6.45) is -2.16. The van der Waals surface area contributed by atoms with Crippen molar-refractivity contribution >= 4 is 33.1 Å². The predicted octanol–water partition coefficient (Wildman–Crippen LogP) is 3.66. The van der Waals surface area contributed by atoms with Gasteiger partial charge in [-0.05, 0) is 48.2 Å². The number of carbonyl (C=O) groups excluding carboxylic acids is 1. The SMILES string of the molecule is O=C(/C=C1\CCCOc2cc(C(F)(F)F)ccc21)Nc1ccc2c(c1)NS(=O)(=O)NC2. The quantitative estimate of drug-likeness (QED) is 0.605. The molecule has 2 aliphatic rings. The van der Waals surface area contributed by atoms with Crippen molar-refractivity contribution in [3.05, 3.63) is 59.2 Å². The van der Waals surface area contributed by atoms with E-state index in [4.69, 9.17) is 4.74 Å². The molecule has 0 unspecified atom stereocenters. The molecule has 2 aliphatic heterocycles. The average molecular weight is 453 g/mol. The number of hydrogen-bond acceptors (Lipinski definition) is 4. The zero-order valence-corrected chi connectivity index (χ0v) is 16.9. The summed E-state index contributed by atoms with van der Waals surface area (Å²) in [6.45, 7) is 0.381. The van der Waals surface area contributed by atoms with E-state index in [1.807, 2.05) is 0 Å². The van der Waals surface area contributed by atoms with E-state index in [0.717, 1.165) is 17.7 Å². The van der Waals surface area contributed by atoms with Gasteiger partial charge in [0, 0.05) is 23.9 Å². The number of halogens is 3. The normalized spacial score (nSPS) is 18.7. The monoisotopic (exact) mass is 453 g/mol. The molecule has 31 heavy (non-hydrogen) atoms. The Labute approximate surface area is 176 Å². The topological polar surface area (TPSA) is 96.5 Å². The van der Waals surface area contributed by atoms with Gasteiger partial charge in [-0.1, -0.05) is 12.1 Å². The van der Waals surface area contributed by atoms with E-state index in [0.29, 0.717) is 35.4 Å². The lowest BCUT2D eigenvalue weighted by molar-refractivity contribution is -0.137. The van der Waals surface area contributed by atoms with Crippen LogP contribution < -0.4 is 19.5 Å². The Morgan fingerprint density at radius 3 is 2.74 bits per heavy atom. The second-order valence-corrected chi connectivity index (χ2v) is 8.62. The molecule has 0 fully saturated rings. The van der Waals surface area contributed by atoms with Crippen molar-refractivity contribution in [3.63, 3.8) is 0 Å². The first-order valence-electron chi connectivity index (χ1n) is 9.37. The van der Waals surface area contributed by atoms with Gasteiger partial charge in [0.15, 0.2) is 0 Å². The third kappa shape index (κ3) is 4.83. The number of nitrogens with one attached hydrogen (secondary N) is 3. The van der Waals surface area contributed by atoms with E-state index in [1.165, 1.54) is 18.2 Å². The van der Waals surface area contributed by atoms with Crippen LogP contribution in [0.25, 0.3) is 5.57 Å². The summed E-state index contributed by atoms with van der Waals surface area (Å²) in [7, 11) is -3.63. The molecule has 4 rings (SSSR count). The standard InChI is InChI=1S/C20H18F3N3O4S/c21-20(22,23)14-4-6-16-12(2-1-7-30-18(16)9-14)8-19(27)25-15-5-3-13-11-24-31(28,29)26-17(13)10-15/h3-6,8-10,24,26H,1-2,7,11H2,(H,25,27)/b12-8+. The maximum Gasteiger partial charge on any atom is 0.416 e. The Bertz CT molecular complexity index is 1180. The minimum absolute atomic E-state index is 0.0852. The molecule has 0 saturated heterocycles. The van der Waals surface area contributed by atoms with Gasteiger partial charge in [-0.3, -0.25) is 9.52 Å². The van der Waals surface area contributed by atoms with Crippen LogP contribution in [0.2, 0.25) is 0 Å². The number of anilines is 2. The summed E-state index contributed by atoms with van der Waals surface area (Å²) >= 11 is 0. The Balaban J connectivity index is 1.57. The molecule has 2 aromatic rings. The van der Waals surface area contributed by atoms with Crippen molar-refractivity contribution in [2.75, 3.05) is 16.6 Å². The van der Waals surface area contributed by atoms with Crippen LogP contribution in [0, 0.1) is 0 Å². The maximum atomic E-state index is 13.0. The largest absolute Gasteiger partial charge is 0.493 e. The summed E-state index contributed by atoms with van der Waals surface area (Å²) in [4.78, 5) is 12.6. The summed E-state index contributed by atoms with van der Waals surface area (Å²) in [5, 5.41) is 2.66. The number of alkyl halides is 3. The van der Waals surface area contributed by atoms with Gasteiger partial charge in [-0.15, -0.1) is 0 Å². The van der Waals surface area contributed by atoms with E-state index in [1.54, 1.807) is 12.1 Å². The average Bonchev–Trinajstić information content (AvgIpc) is 2.88. The number of rotatable bonds is 2. The molecule has 0 radical (unpaired) electrons. The minimum atomic E-state index is -4.49. The number of benzene rings is 2. The van der Waals surface area contributed by atoms with Crippen molar-refractivity contribution in [1.82, 2.24) is 4.72 Å². The number of allylic oxidation sites excluding steroid dienone is 1. The van der Waals surface area contributed by atoms with Gasteiger partial charge in [0.25, 0.3) is 10.2 Å². The Morgan fingerprint density at radius 2 is 1.97 bits per heavy atom. The number of ether oxygens (including phenoxy) is 1. The fraction of sp³-hybridized carbons (Fsp3) is 0.250. The van der Waals surface area contributed by atoms with Crippen LogP contribution in [0.4, 0.5) is 24.5 Å². The molecule has 1 amide bonds. The third-order valence-electron chi connectivity index (χ3n) is 4.88. The van der Waals surface area contributed by atoms with Crippen LogP contribution in [-0.4, -0.2) is 20.9 Å². The molecule has 7 nitrogen and oxygen atoms in total. The van der Waals surface area contributed by atoms with Crippen LogP contribution in [0.3, 0.4) is 0 Å². The first kappa shape index (κ1) is 21.2. The highest BCUT2D eigenvalue weighted by Gasteiger charge is 2.32. The highest BCUT2D eigenvalue weighted by molar-refractivity contribution is 7.90. The number of hydrogen-bond donors (Lipinski definition) is 3. The summed E-state index contributed by atoms with van der Waals surface area (Å²) < 4.78 is 72.4. The second-order valence-electron chi connectivity index (χ2n) is 7.12. The molecular weight excluding hydrogens is 435 g/mol. The molecule has 0 spiro atoms. The Morgan fingerprint density at radius 1 is 1.16 bits per heavy atom. The van der Waals surface area contributed by atoms with Crippen LogP contribution in [0.1, 0.15) is 29.5 Å². The number of fused-ring (bicyclic) bond motifs is 2. The maximum absolute atomic E-state index is 13.0.